The summed E-state index contributed by atoms with van der Waals surface area (Å²) in [6.45, 7) is 0.568. The Hall–Kier alpha value is -2.13. The molecule has 25 heavy (non-hydrogen) atoms. The molecule has 0 saturated heterocycles. The van der Waals surface area contributed by atoms with E-state index in [1.807, 2.05) is 30.3 Å². The Kier molecular flexibility index (Phi) is 8.36. The number of nitrogens with two attached hydrogens (primary N) is 2. The van der Waals surface area contributed by atoms with E-state index in [0.717, 1.165) is 6.42 Å². The molecular formula is C16H20ClN3O4S. The number of halogens is 1. The molecular weight excluding hydrogens is 366 g/mol. The maximum atomic E-state index is 12.1. The average Bonchev–Trinajstić information content (AvgIpc) is 2.54. The highest BCUT2D eigenvalue weighted by Gasteiger charge is 2.12. The third-order valence-electron chi connectivity index (χ3n) is 2.95. The topological polar surface area (TPSA) is 125 Å². The summed E-state index contributed by atoms with van der Waals surface area (Å²) in [5.74, 6) is 0.340. The first-order valence-electron chi connectivity index (χ1n) is 7.17. The van der Waals surface area contributed by atoms with Crippen LogP contribution >= 0.6 is 11.6 Å². The Morgan fingerprint density at radius 3 is 2.32 bits per heavy atom. The lowest BCUT2D eigenvalue weighted by Crippen LogP contribution is -2.26. The molecule has 0 aliphatic carbocycles. The fourth-order valence-corrected chi connectivity index (χ4v) is 2.09. The number of carbonyl (C=O) groups excluding carboxylic acids is 1. The summed E-state index contributed by atoms with van der Waals surface area (Å²) in [7, 11) is -2.13. The van der Waals surface area contributed by atoms with Gasteiger partial charge in [0.05, 0.1) is 12.7 Å². The van der Waals surface area contributed by atoms with Gasteiger partial charge < -0.3 is 10.1 Å². The molecule has 0 bridgehead atoms. The number of hydrogen-bond acceptors (Lipinski definition) is 4. The normalized spacial score (nSPS) is 10.4. The van der Waals surface area contributed by atoms with E-state index in [0.29, 0.717) is 22.9 Å². The summed E-state index contributed by atoms with van der Waals surface area (Å²) in [4.78, 5) is 12.1. The molecule has 0 saturated carbocycles. The fraction of sp³-hybridized carbons (Fsp3) is 0.188. The molecule has 0 radical (unpaired) electrons. The molecule has 0 unspecified atom stereocenters. The van der Waals surface area contributed by atoms with Crippen molar-refractivity contribution in [3.8, 4) is 5.75 Å². The van der Waals surface area contributed by atoms with Gasteiger partial charge in [-0.15, -0.1) is 0 Å². The van der Waals surface area contributed by atoms with Gasteiger partial charge in [-0.3, -0.25) is 4.79 Å². The number of amides is 1. The molecule has 2 aromatic carbocycles. The van der Waals surface area contributed by atoms with Crippen molar-refractivity contribution in [3.63, 3.8) is 0 Å². The van der Waals surface area contributed by atoms with Crippen molar-refractivity contribution >= 4 is 27.7 Å². The van der Waals surface area contributed by atoms with Crippen LogP contribution in [0, 0.1) is 0 Å². The summed E-state index contributed by atoms with van der Waals surface area (Å²) < 4.78 is 23.5. The third-order valence-corrected chi connectivity index (χ3v) is 3.18. The van der Waals surface area contributed by atoms with Crippen LogP contribution in [-0.2, 0) is 16.6 Å². The highest BCUT2D eigenvalue weighted by Crippen LogP contribution is 2.22. The Labute approximate surface area is 152 Å². The van der Waals surface area contributed by atoms with Gasteiger partial charge in [0.15, 0.2) is 0 Å². The predicted octanol–water partition coefficient (Wildman–Crippen LogP) is 1.47. The van der Waals surface area contributed by atoms with E-state index in [1.54, 1.807) is 18.2 Å². The highest BCUT2D eigenvalue weighted by molar-refractivity contribution is 7.86. The van der Waals surface area contributed by atoms with Crippen molar-refractivity contribution in [2.75, 3.05) is 13.7 Å². The van der Waals surface area contributed by atoms with Gasteiger partial charge in [0, 0.05) is 11.6 Å². The van der Waals surface area contributed by atoms with Gasteiger partial charge in [-0.05, 0) is 30.2 Å². The van der Waals surface area contributed by atoms with Crippen LogP contribution in [-0.4, -0.2) is 28.0 Å². The second kappa shape index (κ2) is 10.00. The van der Waals surface area contributed by atoms with E-state index in [9.17, 15) is 13.2 Å². The zero-order chi connectivity index (χ0) is 18.9. The highest BCUT2D eigenvalue weighted by atomic mass is 35.5. The molecule has 0 spiro atoms. The van der Waals surface area contributed by atoms with Crippen LogP contribution in [0.2, 0.25) is 5.02 Å². The summed E-state index contributed by atoms with van der Waals surface area (Å²) in [6, 6.07) is 15.0. The van der Waals surface area contributed by atoms with E-state index in [2.05, 4.69) is 15.6 Å². The fourth-order valence-electron chi connectivity index (χ4n) is 1.92. The molecule has 9 heteroatoms. The second-order valence-electron chi connectivity index (χ2n) is 4.93. The Balaban J connectivity index is 0.000000550. The molecule has 7 nitrogen and oxygen atoms in total. The van der Waals surface area contributed by atoms with E-state index in [1.165, 1.54) is 12.7 Å². The number of carbonyl (C=O) groups is 1. The number of benzene rings is 2. The van der Waals surface area contributed by atoms with E-state index >= 15 is 0 Å². The van der Waals surface area contributed by atoms with Crippen molar-refractivity contribution in [3.05, 3.63) is 64.7 Å². The number of nitrogens with one attached hydrogen (secondary N) is 1. The number of ether oxygens (including phenoxy) is 1. The lowest BCUT2D eigenvalue weighted by atomic mass is 10.1. The van der Waals surface area contributed by atoms with Crippen LogP contribution in [0.25, 0.3) is 0 Å². The molecule has 5 N–H and O–H groups in total. The van der Waals surface area contributed by atoms with Crippen molar-refractivity contribution in [2.45, 2.75) is 6.42 Å². The summed E-state index contributed by atoms with van der Waals surface area (Å²) in [5.41, 5.74) is 1.64. The first-order chi connectivity index (χ1) is 11.7. The molecule has 0 aliphatic heterocycles. The molecule has 0 heterocycles. The zero-order valence-corrected chi connectivity index (χ0v) is 15.2. The van der Waals surface area contributed by atoms with Crippen LogP contribution in [0.1, 0.15) is 15.9 Å². The quantitative estimate of drug-likeness (QED) is 0.720. The largest absolute Gasteiger partial charge is 0.496 e. The molecule has 2 rings (SSSR count). The minimum atomic E-state index is -3.67. The number of rotatable bonds is 5. The second-order valence-corrected chi connectivity index (χ2v) is 6.54. The first kappa shape index (κ1) is 20.9. The first-order valence-corrected chi connectivity index (χ1v) is 9.15. The van der Waals surface area contributed by atoms with Gasteiger partial charge in [0.1, 0.15) is 5.75 Å². The minimum Gasteiger partial charge on any atom is -0.496 e. The van der Waals surface area contributed by atoms with Crippen LogP contribution in [0.5, 0.6) is 5.75 Å². The van der Waals surface area contributed by atoms with Crippen LogP contribution in [0.4, 0.5) is 0 Å². The van der Waals surface area contributed by atoms with Gasteiger partial charge >= 0.3 is 0 Å². The SMILES string of the molecule is COc1ccc(Cl)cc1C(=O)NCCc1ccccc1.NS(N)(=O)=O. The molecule has 0 atom stereocenters. The molecule has 0 aromatic heterocycles. The van der Waals surface area contributed by atoms with Crippen molar-refractivity contribution in [2.24, 2.45) is 10.3 Å². The summed E-state index contributed by atoms with van der Waals surface area (Å²) in [5, 5.41) is 11.6. The third kappa shape index (κ3) is 9.06. The van der Waals surface area contributed by atoms with Crippen LogP contribution in [0.15, 0.2) is 48.5 Å². The number of methoxy groups -OCH3 is 1. The summed E-state index contributed by atoms with van der Waals surface area (Å²) >= 11 is 5.91. The lowest BCUT2D eigenvalue weighted by molar-refractivity contribution is 0.0951. The smallest absolute Gasteiger partial charge is 0.271 e. The predicted molar refractivity (Wildman–Crippen MR) is 97.8 cm³/mol. The monoisotopic (exact) mass is 385 g/mol. The molecule has 136 valence electrons. The van der Waals surface area contributed by atoms with Crippen molar-refractivity contribution < 1.29 is 17.9 Å². The van der Waals surface area contributed by atoms with Crippen LogP contribution in [0.3, 0.4) is 0 Å². The Morgan fingerprint density at radius 2 is 1.76 bits per heavy atom. The van der Waals surface area contributed by atoms with E-state index in [-0.39, 0.29) is 5.91 Å². The van der Waals surface area contributed by atoms with Gasteiger partial charge in [-0.1, -0.05) is 41.9 Å². The minimum absolute atomic E-state index is 0.180. The molecule has 0 aliphatic rings. The van der Waals surface area contributed by atoms with Crippen molar-refractivity contribution in [1.29, 1.82) is 0 Å². The van der Waals surface area contributed by atoms with Crippen LogP contribution < -0.4 is 20.3 Å². The van der Waals surface area contributed by atoms with Gasteiger partial charge in [-0.25, -0.2) is 10.3 Å². The van der Waals surface area contributed by atoms with Crippen molar-refractivity contribution in [1.82, 2.24) is 5.32 Å². The molecule has 2 aromatic rings. The van der Waals surface area contributed by atoms with E-state index < -0.39 is 10.2 Å². The molecule has 1 amide bonds. The number of hydrogen-bond donors (Lipinski definition) is 3. The van der Waals surface area contributed by atoms with Gasteiger partial charge in [0.25, 0.3) is 16.1 Å². The maximum absolute atomic E-state index is 12.1. The Morgan fingerprint density at radius 1 is 1.16 bits per heavy atom. The van der Waals surface area contributed by atoms with E-state index in [4.69, 9.17) is 16.3 Å². The summed E-state index contributed by atoms with van der Waals surface area (Å²) in [6.07, 6.45) is 0.787. The molecule has 0 fully saturated rings. The van der Waals surface area contributed by atoms with Gasteiger partial charge in [-0.2, -0.15) is 8.42 Å². The van der Waals surface area contributed by atoms with Gasteiger partial charge in [0.2, 0.25) is 0 Å². The zero-order valence-electron chi connectivity index (χ0n) is 13.6. The Bertz CT molecular complexity index is 790. The average molecular weight is 386 g/mol. The standard InChI is InChI=1S/C16H16ClNO2.H4N2O2S/c1-20-15-8-7-13(17)11-14(15)16(19)18-10-9-12-5-3-2-4-6-12;1-5(2,3)4/h2-8,11H,9-10H2,1H3,(H,18,19);(H4,1,2,3,4). The lowest BCUT2D eigenvalue weighted by Gasteiger charge is -2.09. The maximum Gasteiger partial charge on any atom is 0.271 e.